The average Bonchev–Trinajstić information content (AvgIpc) is 3.07. The highest BCUT2D eigenvalue weighted by molar-refractivity contribution is 6.11. The van der Waals surface area contributed by atoms with Gasteiger partial charge >= 0.3 is 0 Å². The molecule has 0 aliphatic carbocycles. The summed E-state index contributed by atoms with van der Waals surface area (Å²) in [6.45, 7) is 13.3. The van der Waals surface area contributed by atoms with Gasteiger partial charge in [-0.05, 0) is 74.1 Å². The van der Waals surface area contributed by atoms with Gasteiger partial charge in [0, 0.05) is 5.56 Å². The molecule has 0 saturated heterocycles. The van der Waals surface area contributed by atoms with E-state index in [1.165, 1.54) is 50.5 Å². The molecular formula is C41H64O5. The molecule has 0 aliphatic rings. The summed E-state index contributed by atoms with van der Waals surface area (Å²) in [6.07, 6.45) is 22.2. The molecule has 0 spiro atoms. The van der Waals surface area contributed by atoms with E-state index in [9.17, 15) is 4.79 Å². The molecule has 5 heteroatoms. The predicted octanol–water partition coefficient (Wildman–Crippen LogP) is 12.0. The van der Waals surface area contributed by atoms with Gasteiger partial charge in [-0.2, -0.15) is 0 Å². The van der Waals surface area contributed by atoms with Gasteiger partial charge in [0.2, 0.25) is 0 Å². The minimum Gasteiger partial charge on any atom is -0.493 e. The standard InChI is InChI=1S/C41H64O5/c1-6-11-15-19-29-43-37-26-23-34(10-5)33-35(37)24-25-36(42)40-38(44-30-20-16-12-7-2)27-28-39(45-31-21-17-13-8-3)41(40)46-32-22-18-14-9-4/h23-28,33H,6-22,29-32H2,1-5H3. The number of carbonyl (C=O) groups excluding carboxylic acids is 1. The number of ketones is 1. The summed E-state index contributed by atoms with van der Waals surface area (Å²) in [7, 11) is 0. The van der Waals surface area contributed by atoms with Crippen LogP contribution in [0.2, 0.25) is 0 Å². The zero-order valence-electron chi connectivity index (χ0n) is 29.9. The highest BCUT2D eigenvalue weighted by Gasteiger charge is 2.23. The molecule has 0 unspecified atom stereocenters. The number of hydrogen-bond donors (Lipinski definition) is 0. The molecule has 2 aromatic rings. The fourth-order valence-corrected chi connectivity index (χ4v) is 5.32. The number of unbranched alkanes of at least 4 members (excludes halogenated alkanes) is 12. The minimum absolute atomic E-state index is 0.153. The number of carbonyl (C=O) groups is 1. The van der Waals surface area contributed by atoms with E-state index < -0.39 is 0 Å². The van der Waals surface area contributed by atoms with Crippen molar-refractivity contribution in [3.05, 3.63) is 53.1 Å². The van der Waals surface area contributed by atoms with E-state index in [4.69, 9.17) is 18.9 Å². The molecular weight excluding hydrogens is 572 g/mol. The average molecular weight is 637 g/mol. The van der Waals surface area contributed by atoms with E-state index in [-0.39, 0.29) is 5.78 Å². The summed E-state index contributed by atoms with van der Waals surface area (Å²) < 4.78 is 25.2. The minimum atomic E-state index is -0.153. The lowest BCUT2D eigenvalue weighted by atomic mass is 10.0. The maximum Gasteiger partial charge on any atom is 0.193 e. The Hall–Kier alpha value is -2.95. The Labute approximate surface area is 281 Å². The van der Waals surface area contributed by atoms with E-state index in [1.54, 1.807) is 6.08 Å². The molecule has 5 nitrogen and oxygen atoms in total. The van der Waals surface area contributed by atoms with Gasteiger partial charge in [-0.15, -0.1) is 0 Å². The van der Waals surface area contributed by atoms with Crippen molar-refractivity contribution in [1.82, 2.24) is 0 Å². The summed E-state index contributed by atoms with van der Waals surface area (Å²) in [5, 5.41) is 0. The zero-order valence-corrected chi connectivity index (χ0v) is 29.9. The second-order valence-electron chi connectivity index (χ2n) is 12.3. The molecule has 0 saturated carbocycles. The Bertz CT molecular complexity index is 1120. The summed E-state index contributed by atoms with van der Waals surface area (Å²) >= 11 is 0. The van der Waals surface area contributed by atoms with Crippen LogP contribution in [0.5, 0.6) is 23.0 Å². The first-order valence-electron chi connectivity index (χ1n) is 18.6. The van der Waals surface area contributed by atoms with Crippen LogP contribution in [0.25, 0.3) is 6.08 Å². The fourth-order valence-electron chi connectivity index (χ4n) is 5.32. The van der Waals surface area contributed by atoms with Gasteiger partial charge in [-0.1, -0.05) is 118 Å². The summed E-state index contributed by atoms with van der Waals surface area (Å²) in [4.78, 5) is 14.2. The lowest BCUT2D eigenvalue weighted by Gasteiger charge is -2.19. The first-order chi connectivity index (χ1) is 22.6. The second kappa shape index (κ2) is 25.2. The maximum atomic E-state index is 14.2. The molecule has 2 aromatic carbocycles. The molecule has 258 valence electrons. The van der Waals surface area contributed by atoms with Crippen LogP contribution >= 0.6 is 0 Å². The number of ether oxygens (including phenoxy) is 4. The van der Waals surface area contributed by atoms with Gasteiger partial charge in [0.15, 0.2) is 17.3 Å². The molecule has 0 heterocycles. The van der Waals surface area contributed by atoms with Crippen LogP contribution < -0.4 is 18.9 Å². The molecule has 46 heavy (non-hydrogen) atoms. The van der Waals surface area contributed by atoms with Crippen molar-refractivity contribution in [3.8, 4) is 23.0 Å². The van der Waals surface area contributed by atoms with Crippen LogP contribution in [0.4, 0.5) is 0 Å². The number of allylic oxidation sites excluding steroid dienone is 1. The molecule has 0 aromatic heterocycles. The highest BCUT2D eigenvalue weighted by atomic mass is 16.5. The van der Waals surface area contributed by atoms with Crippen LogP contribution in [-0.2, 0) is 6.42 Å². The molecule has 2 rings (SSSR count). The Balaban J connectivity index is 2.42. The van der Waals surface area contributed by atoms with Gasteiger partial charge in [0.25, 0.3) is 0 Å². The summed E-state index contributed by atoms with van der Waals surface area (Å²) in [5.74, 6) is 2.33. The molecule has 0 radical (unpaired) electrons. The monoisotopic (exact) mass is 636 g/mol. The van der Waals surface area contributed by atoms with Gasteiger partial charge in [0.05, 0.1) is 26.4 Å². The number of benzene rings is 2. The normalized spacial score (nSPS) is 11.2. The first-order valence-corrected chi connectivity index (χ1v) is 18.6. The van der Waals surface area contributed by atoms with Crippen molar-refractivity contribution < 1.29 is 23.7 Å². The summed E-state index contributed by atoms with van der Waals surface area (Å²) in [6, 6.07) is 10.1. The van der Waals surface area contributed by atoms with E-state index >= 15 is 0 Å². The predicted molar refractivity (Wildman–Crippen MR) is 194 cm³/mol. The van der Waals surface area contributed by atoms with Crippen molar-refractivity contribution in [2.24, 2.45) is 0 Å². The van der Waals surface area contributed by atoms with Gasteiger partial charge in [-0.3, -0.25) is 4.79 Å². The van der Waals surface area contributed by atoms with Crippen LogP contribution in [0.3, 0.4) is 0 Å². The Kier molecular flexibility index (Phi) is 21.5. The summed E-state index contributed by atoms with van der Waals surface area (Å²) in [5.41, 5.74) is 2.56. The third kappa shape index (κ3) is 15.1. The van der Waals surface area contributed by atoms with Crippen LogP contribution in [0.1, 0.15) is 159 Å². The van der Waals surface area contributed by atoms with Gasteiger partial charge < -0.3 is 18.9 Å². The molecule has 0 fully saturated rings. The van der Waals surface area contributed by atoms with Crippen molar-refractivity contribution in [3.63, 3.8) is 0 Å². The van der Waals surface area contributed by atoms with Gasteiger partial charge in [0.1, 0.15) is 17.1 Å². The van der Waals surface area contributed by atoms with Crippen LogP contribution in [-0.4, -0.2) is 32.2 Å². The Morgan fingerprint density at radius 3 is 1.52 bits per heavy atom. The Morgan fingerprint density at radius 1 is 0.543 bits per heavy atom. The van der Waals surface area contributed by atoms with Crippen molar-refractivity contribution in [1.29, 1.82) is 0 Å². The van der Waals surface area contributed by atoms with Gasteiger partial charge in [-0.25, -0.2) is 0 Å². The van der Waals surface area contributed by atoms with E-state index in [1.807, 2.05) is 24.3 Å². The van der Waals surface area contributed by atoms with Crippen molar-refractivity contribution >= 4 is 11.9 Å². The lowest BCUT2D eigenvalue weighted by molar-refractivity contribution is 0.103. The maximum absolute atomic E-state index is 14.2. The lowest BCUT2D eigenvalue weighted by Crippen LogP contribution is -2.10. The van der Waals surface area contributed by atoms with E-state index in [0.717, 1.165) is 75.5 Å². The third-order valence-corrected chi connectivity index (χ3v) is 8.24. The van der Waals surface area contributed by atoms with E-state index in [2.05, 4.69) is 46.8 Å². The van der Waals surface area contributed by atoms with E-state index in [0.29, 0.717) is 49.2 Å². The number of rotatable bonds is 28. The topological polar surface area (TPSA) is 54.0 Å². The largest absolute Gasteiger partial charge is 0.493 e. The quantitative estimate of drug-likeness (QED) is 0.0528. The SMILES string of the molecule is CCCCCCOc1ccc(CC)cc1C=CC(=O)c1c(OCCCCCC)ccc(OCCCCCC)c1OCCCCCC. The third-order valence-electron chi connectivity index (χ3n) is 8.24. The Morgan fingerprint density at radius 2 is 1.00 bits per heavy atom. The molecule has 0 bridgehead atoms. The molecule has 0 amide bonds. The number of hydrogen-bond acceptors (Lipinski definition) is 5. The smallest absolute Gasteiger partial charge is 0.193 e. The van der Waals surface area contributed by atoms with Crippen molar-refractivity contribution in [2.75, 3.05) is 26.4 Å². The van der Waals surface area contributed by atoms with Crippen LogP contribution in [0, 0.1) is 0 Å². The first kappa shape index (κ1) is 39.2. The van der Waals surface area contributed by atoms with Crippen molar-refractivity contribution in [2.45, 2.75) is 144 Å². The molecule has 0 aliphatic heterocycles. The fraction of sp³-hybridized carbons (Fsp3) is 0.634. The zero-order chi connectivity index (χ0) is 33.2. The second-order valence-corrected chi connectivity index (χ2v) is 12.3. The highest BCUT2D eigenvalue weighted by Crippen LogP contribution is 2.39. The molecule has 0 atom stereocenters. The van der Waals surface area contributed by atoms with Crippen LogP contribution in [0.15, 0.2) is 36.4 Å². The number of aryl methyl sites for hydroxylation is 1. The molecule has 0 N–H and O–H groups in total.